The Morgan fingerprint density at radius 2 is 1.35 bits per heavy atom. The molecule has 0 saturated carbocycles. The summed E-state index contributed by atoms with van der Waals surface area (Å²) >= 11 is 0. The SMILES string of the molecule is C=C/C=C(\N)c1ccc(/C(N)=C/Cc2cc(-c3ccc4c(c3)C(=C)C=C3C=CC=CN3C4)cc(-c3ccc4c(c3)-c3cc5ccccc5nc3C4)c2)cc1.NCc1ccccc1. The molecule has 7 aromatic rings. The lowest BCUT2D eigenvalue weighted by Gasteiger charge is -2.22. The maximum absolute atomic E-state index is 6.69. The summed E-state index contributed by atoms with van der Waals surface area (Å²) in [6.07, 6.45) is 17.7. The van der Waals surface area contributed by atoms with Crippen molar-refractivity contribution in [2.75, 3.05) is 0 Å². The number of benzene rings is 6. The molecule has 10 rings (SSSR count). The zero-order valence-electron chi connectivity index (χ0n) is 34.8. The van der Waals surface area contributed by atoms with Gasteiger partial charge >= 0.3 is 0 Å². The number of aromatic nitrogens is 1. The zero-order chi connectivity index (χ0) is 42.6. The van der Waals surface area contributed by atoms with Gasteiger partial charge in [-0.15, -0.1) is 0 Å². The third-order valence-corrected chi connectivity index (χ3v) is 11.8. The second-order valence-corrected chi connectivity index (χ2v) is 15.9. The van der Waals surface area contributed by atoms with Crippen molar-refractivity contribution < 1.29 is 0 Å². The van der Waals surface area contributed by atoms with Crippen LogP contribution in [-0.4, -0.2) is 9.88 Å². The van der Waals surface area contributed by atoms with Gasteiger partial charge in [-0.1, -0.05) is 141 Å². The van der Waals surface area contributed by atoms with Crippen molar-refractivity contribution in [2.24, 2.45) is 17.2 Å². The van der Waals surface area contributed by atoms with E-state index in [1.165, 1.54) is 44.5 Å². The highest BCUT2D eigenvalue weighted by Crippen LogP contribution is 2.41. The Balaban J connectivity index is 0.000000553. The van der Waals surface area contributed by atoms with Crippen LogP contribution in [0.15, 0.2) is 207 Å². The third-order valence-electron chi connectivity index (χ3n) is 11.8. The van der Waals surface area contributed by atoms with E-state index < -0.39 is 0 Å². The van der Waals surface area contributed by atoms with Crippen molar-refractivity contribution in [1.82, 2.24) is 9.88 Å². The Bertz CT molecular complexity index is 3020. The number of allylic oxidation sites excluding steroid dienone is 8. The van der Waals surface area contributed by atoms with Gasteiger partial charge in [0.05, 0.1) is 11.2 Å². The largest absolute Gasteiger partial charge is 0.398 e. The van der Waals surface area contributed by atoms with E-state index in [0.717, 1.165) is 74.3 Å². The third kappa shape index (κ3) is 8.35. The van der Waals surface area contributed by atoms with Crippen LogP contribution in [0.25, 0.3) is 61.3 Å². The van der Waals surface area contributed by atoms with E-state index in [9.17, 15) is 0 Å². The minimum atomic E-state index is 0.640. The maximum Gasteiger partial charge on any atom is 0.0705 e. The van der Waals surface area contributed by atoms with Gasteiger partial charge in [0.2, 0.25) is 0 Å². The fourth-order valence-corrected chi connectivity index (χ4v) is 8.44. The Hall–Kier alpha value is -7.73. The summed E-state index contributed by atoms with van der Waals surface area (Å²) in [5, 5.41) is 1.16. The van der Waals surface area contributed by atoms with E-state index in [0.29, 0.717) is 18.7 Å². The highest BCUT2D eigenvalue weighted by atomic mass is 15.1. The first-order valence-corrected chi connectivity index (χ1v) is 21.0. The molecule has 0 unspecified atom stereocenters. The Labute approximate surface area is 364 Å². The van der Waals surface area contributed by atoms with Gasteiger partial charge < -0.3 is 22.1 Å². The van der Waals surface area contributed by atoms with Crippen molar-refractivity contribution in [1.29, 1.82) is 0 Å². The van der Waals surface area contributed by atoms with Gasteiger partial charge in [0.15, 0.2) is 0 Å². The van der Waals surface area contributed by atoms with Crippen molar-refractivity contribution in [2.45, 2.75) is 25.9 Å². The van der Waals surface area contributed by atoms with Crippen LogP contribution in [0, 0.1) is 0 Å². The minimum absolute atomic E-state index is 0.640. The normalized spacial score (nSPS) is 13.9. The van der Waals surface area contributed by atoms with Crippen molar-refractivity contribution in [3.8, 4) is 33.4 Å². The molecule has 0 radical (unpaired) electrons. The number of nitrogens with zero attached hydrogens (tertiary/aromatic N) is 2. The molecule has 3 aliphatic rings. The van der Waals surface area contributed by atoms with Gasteiger partial charge in [-0.05, 0) is 133 Å². The number of fused-ring (bicyclic) bond motifs is 6. The molecule has 0 fully saturated rings. The zero-order valence-corrected chi connectivity index (χ0v) is 34.8. The Kier molecular flexibility index (Phi) is 11.2. The molecule has 302 valence electrons. The molecule has 1 aromatic heterocycles. The molecule has 2 aliphatic heterocycles. The predicted octanol–water partition coefficient (Wildman–Crippen LogP) is 12.1. The number of rotatable bonds is 8. The van der Waals surface area contributed by atoms with E-state index in [2.05, 4.69) is 140 Å². The summed E-state index contributed by atoms with van der Waals surface area (Å²) in [5.74, 6) is 0. The monoisotopic (exact) mass is 803 g/mol. The molecular weight excluding hydrogens is 755 g/mol. The number of para-hydroxylation sites is 1. The van der Waals surface area contributed by atoms with Crippen LogP contribution in [0.2, 0.25) is 0 Å². The molecule has 0 atom stereocenters. The van der Waals surface area contributed by atoms with E-state index in [1.54, 1.807) is 12.2 Å². The number of hydrogen-bond donors (Lipinski definition) is 3. The topological polar surface area (TPSA) is 94.2 Å². The van der Waals surface area contributed by atoms with E-state index in [-0.39, 0.29) is 0 Å². The fraction of sp³-hybridized carbons (Fsp3) is 0.0702. The van der Waals surface area contributed by atoms with Gasteiger partial charge in [0, 0.05) is 53.8 Å². The summed E-state index contributed by atoms with van der Waals surface area (Å²) in [7, 11) is 0. The number of pyridine rings is 1. The Morgan fingerprint density at radius 3 is 2.08 bits per heavy atom. The molecule has 1 aliphatic carbocycles. The molecular formula is C57H49N5. The summed E-state index contributed by atoms with van der Waals surface area (Å²) in [4.78, 5) is 7.32. The Morgan fingerprint density at radius 1 is 0.661 bits per heavy atom. The molecule has 5 heteroatoms. The molecule has 0 spiro atoms. The van der Waals surface area contributed by atoms with Crippen LogP contribution in [0.5, 0.6) is 0 Å². The standard InChI is InChI=1S/C50H40N4.C7H9N/c1-3-8-47(51)34-13-15-35(16-14-34)48(52)21-12-33-24-41(36-18-20-40-31-54-22-7-6-10-43(54)23-32(2)44(40)27-36)26-42(25-33)37-17-19-38-30-50-46(45(38)28-37)29-39-9-4-5-11-49(39)53-50;8-6-7-4-2-1-3-5-7/h3-11,13-29H,1-2,12,30-31,51-52H2;1-5H,6,8H2/b47-8-,48-21-;. The average molecular weight is 804 g/mol. The first kappa shape index (κ1) is 39.7. The maximum atomic E-state index is 6.69. The lowest BCUT2D eigenvalue weighted by Crippen LogP contribution is -2.15. The molecule has 62 heavy (non-hydrogen) atoms. The summed E-state index contributed by atoms with van der Waals surface area (Å²) in [6.45, 7) is 9.68. The lowest BCUT2D eigenvalue weighted by atomic mass is 9.90. The smallest absolute Gasteiger partial charge is 0.0705 e. The highest BCUT2D eigenvalue weighted by Gasteiger charge is 2.22. The molecule has 5 nitrogen and oxygen atoms in total. The van der Waals surface area contributed by atoms with Crippen LogP contribution < -0.4 is 17.2 Å². The van der Waals surface area contributed by atoms with Crippen molar-refractivity contribution >= 4 is 27.9 Å². The van der Waals surface area contributed by atoms with Gasteiger partial charge in [-0.3, -0.25) is 4.98 Å². The van der Waals surface area contributed by atoms with Gasteiger partial charge in [-0.25, -0.2) is 0 Å². The first-order chi connectivity index (χ1) is 30.3. The highest BCUT2D eigenvalue weighted by molar-refractivity contribution is 5.90. The van der Waals surface area contributed by atoms with Gasteiger partial charge in [0.25, 0.3) is 0 Å². The number of nitrogens with two attached hydrogens (primary N) is 3. The molecule has 6 N–H and O–H groups in total. The van der Waals surface area contributed by atoms with E-state index in [4.69, 9.17) is 22.2 Å². The molecule has 0 amide bonds. The summed E-state index contributed by atoms with van der Waals surface area (Å²) < 4.78 is 0. The van der Waals surface area contributed by atoms with Gasteiger partial charge in [0.1, 0.15) is 0 Å². The van der Waals surface area contributed by atoms with Crippen LogP contribution in [0.1, 0.15) is 44.6 Å². The first-order valence-electron chi connectivity index (χ1n) is 21.0. The van der Waals surface area contributed by atoms with E-state index in [1.807, 2.05) is 54.6 Å². The summed E-state index contributed by atoms with van der Waals surface area (Å²) in [6, 6.07) is 49.3. The average Bonchev–Trinajstić information content (AvgIpc) is 3.60. The molecule has 0 bridgehead atoms. The van der Waals surface area contributed by atoms with Crippen LogP contribution >= 0.6 is 0 Å². The van der Waals surface area contributed by atoms with E-state index >= 15 is 0 Å². The second kappa shape index (κ2) is 17.5. The van der Waals surface area contributed by atoms with Crippen LogP contribution in [-0.2, 0) is 25.9 Å². The summed E-state index contributed by atoms with van der Waals surface area (Å²) in [5.41, 5.74) is 39.1. The van der Waals surface area contributed by atoms with Gasteiger partial charge in [-0.2, -0.15) is 0 Å². The lowest BCUT2D eigenvalue weighted by molar-refractivity contribution is 0.472. The second-order valence-electron chi connectivity index (χ2n) is 15.9. The van der Waals surface area contributed by atoms with Crippen LogP contribution in [0.4, 0.5) is 0 Å². The van der Waals surface area contributed by atoms with Crippen molar-refractivity contribution in [3.05, 3.63) is 252 Å². The quantitative estimate of drug-likeness (QED) is 0.133. The molecule has 6 aromatic carbocycles. The molecule has 0 saturated heterocycles. The predicted molar refractivity (Wildman–Crippen MR) is 261 cm³/mol. The number of hydrogen-bond acceptors (Lipinski definition) is 5. The fourth-order valence-electron chi connectivity index (χ4n) is 8.44. The molecule has 3 heterocycles. The minimum Gasteiger partial charge on any atom is -0.398 e. The van der Waals surface area contributed by atoms with Crippen molar-refractivity contribution in [3.63, 3.8) is 0 Å². The van der Waals surface area contributed by atoms with Crippen LogP contribution in [0.3, 0.4) is 0 Å².